The van der Waals surface area contributed by atoms with Crippen molar-refractivity contribution in [3.05, 3.63) is 69.4 Å². The third-order valence-electron chi connectivity index (χ3n) is 3.01. The second-order valence-electron chi connectivity index (χ2n) is 5.30. The molecule has 0 fully saturated rings. The van der Waals surface area contributed by atoms with E-state index in [4.69, 9.17) is 16.3 Å². The van der Waals surface area contributed by atoms with Crippen LogP contribution in [0.3, 0.4) is 0 Å². The van der Waals surface area contributed by atoms with Crippen molar-refractivity contribution < 1.29 is 17.9 Å². The van der Waals surface area contributed by atoms with Crippen molar-refractivity contribution in [2.24, 2.45) is 5.10 Å². The van der Waals surface area contributed by atoms with Gasteiger partial charge in [-0.15, -0.1) is 11.3 Å². The molecule has 0 saturated carbocycles. The summed E-state index contributed by atoms with van der Waals surface area (Å²) in [6.45, 7) is 3.53. The zero-order chi connectivity index (χ0) is 19.2. The Balaban J connectivity index is 2.32. The van der Waals surface area contributed by atoms with Crippen molar-refractivity contribution in [1.82, 2.24) is 5.43 Å². The highest BCUT2D eigenvalue weighted by Gasteiger charge is 2.14. The van der Waals surface area contributed by atoms with Gasteiger partial charge in [0.2, 0.25) is 0 Å². The normalized spacial score (nSPS) is 11.8. The van der Waals surface area contributed by atoms with Gasteiger partial charge in [-0.1, -0.05) is 36.4 Å². The van der Waals surface area contributed by atoms with E-state index >= 15 is 0 Å². The van der Waals surface area contributed by atoms with Crippen LogP contribution in [0.15, 0.2) is 54.2 Å². The number of hydrazone groups is 1. The number of hydrogen-bond acceptors (Lipinski definition) is 6. The summed E-state index contributed by atoms with van der Waals surface area (Å²) in [6, 6.07) is 10.4. The van der Waals surface area contributed by atoms with Crippen molar-refractivity contribution in [2.75, 3.05) is 12.9 Å². The molecule has 1 aromatic heterocycles. The topological polar surface area (TPSA) is 84.8 Å². The standard InChI is InChI=1S/C17H17ClN2O4S2/c1-3-10-24-17(21)20-19-16(12-4-6-13(18)7-5-12)15-9-8-14(25-15)11-26(2,22)23/h3-9H,1,10-11H2,2H3,(H,20,21). The highest BCUT2D eigenvalue weighted by Crippen LogP contribution is 2.23. The lowest BCUT2D eigenvalue weighted by atomic mass is 10.1. The zero-order valence-corrected chi connectivity index (χ0v) is 16.3. The zero-order valence-electron chi connectivity index (χ0n) is 13.9. The lowest BCUT2D eigenvalue weighted by molar-refractivity contribution is 0.159. The van der Waals surface area contributed by atoms with Crippen LogP contribution in [0.25, 0.3) is 0 Å². The molecule has 0 aliphatic rings. The van der Waals surface area contributed by atoms with Gasteiger partial charge in [0, 0.05) is 21.7 Å². The number of sulfone groups is 1. The third kappa shape index (κ3) is 6.29. The van der Waals surface area contributed by atoms with Gasteiger partial charge in [-0.3, -0.25) is 0 Å². The number of halogens is 1. The summed E-state index contributed by atoms with van der Waals surface area (Å²) < 4.78 is 27.8. The maximum atomic E-state index is 11.6. The van der Waals surface area contributed by atoms with Gasteiger partial charge in [-0.05, 0) is 24.3 Å². The molecule has 0 bridgehead atoms. The van der Waals surface area contributed by atoms with Gasteiger partial charge in [-0.25, -0.2) is 18.6 Å². The van der Waals surface area contributed by atoms with E-state index in [1.165, 1.54) is 23.7 Å². The van der Waals surface area contributed by atoms with Crippen LogP contribution in [0.4, 0.5) is 4.79 Å². The summed E-state index contributed by atoms with van der Waals surface area (Å²) in [5, 5.41) is 4.70. The van der Waals surface area contributed by atoms with Crippen LogP contribution < -0.4 is 5.43 Å². The smallest absolute Gasteiger partial charge is 0.428 e. The van der Waals surface area contributed by atoms with E-state index in [-0.39, 0.29) is 12.4 Å². The van der Waals surface area contributed by atoms with E-state index in [9.17, 15) is 13.2 Å². The van der Waals surface area contributed by atoms with E-state index in [2.05, 4.69) is 17.1 Å². The van der Waals surface area contributed by atoms with E-state index in [1.54, 1.807) is 36.4 Å². The first-order valence-corrected chi connectivity index (χ1v) is 10.7. The molecule has 6 nitrogen and oxygen atoms in total. The predicted octanol–water partition coefficient (Wildman–Crippen LogP) is 3.61. The summed E-state index contributed by atoms with van der Waals surface area (Å²) in [5.41, 5.74) is 3.51. The van der Waals surface area contributed by atoms with Gasteiger partial charge >= 0.3 is 6.09 Å². The van der Waals surface area contributed by atoms with Gasteiger partial charge in [0.25, 0.3) is 0 Å². The van der Waals surface area contributed by atoms with E-state index in [1.807, 2.05) is 0 Å². The highest BCUT2D eigenvalue weighted by atomic mass is 35.5. The Bertz CT molecular complexity index is 918. The molecule has 0 unspecified atom stereocenters. The molecule has 0 aliphatic carbocycles. The first-order valence-electron chi connectivity index (χ1n) is 7.42. The molecule has 26 heavy (non-hydrogen) atoms. The second-order valence-corrected chi connectivity index (χ2v) is 9.05. The molecule has 0 radical (unpaired) electrons. The third-order valence-corrected chi connectivity index (χ3v) is 5.37. The quantitative estimate of drug-likeness (QED) is 0.427. The predicted molar refractivity (Wildman–Crippen MR) is 105 cm³/mol. The molecular formula is C17H17ClN2O4S2. The summed E-state index contributed by atoms with van der Waals surface area (Å²) in [6.07, 6.45) is 1.90. The Morgan fingerprint density at radius 2 is 2.00 bits per heavy atom. The number of rotatable bonds is 7. The first-order chi connectivity index (χ1) is 12.3. The Hall–Kier alpha value is -2.16. The molecule has 138 valence electrons. The number of benzene rings is 1. The summed E-state index contributed by atoms with van der Waals surface area (Å²) in [7, 11) is -3.14. The van der Waals surface area contributed by atoms with Crippen LogP contribution in [0.5, 0.6) is 0 Å². The number of amides is 1. The molecule has 1 heterocycles. The molecule has 9 heteroatoms. The van der Waals surface area contributed by atoms with Crippen LogP contribution in [0, 0.1) is 0 Å². The van der Waals surface area contributed by atoms with E-state index < -0.39 is 15.9 Å². The fourth-order valence-corrected chi connectivity index (χ4v) is 4.41. The van der Waals surface area contributed by atoms with Crippen LogP contribution in [0.1, 0.15) is 15.3 Å². The Kier molecular flexibility index (Phi) is 6.96. The molecule has 1 N–H and O–H groups in total. The SMILES string of the molecule is C=CCOC(=O)NN=C(c1ccc(Cl)cc1)c1ccc(CS(C)(=O)=O)s1. The Labute approximate surface area is 161 Å². The largest absolute Gasteiger partial charge is 0.444 e. The van der Waals surface area contributed by atoms with Gasteiger partial charge in [-0.2, -0.15) is 5.10 Å². The van der Waals surface area contributed by atoms with Crippen molar-refractivity contribution >= 4 is 44.6 Å². The van der Waals surface area contributed by atoms with Gasteiger partial charge in [0.05, 0.1) is 10.6 Å². The minimum Gasteiger partial charge on any atom is -0.444 e. The molecule has 1 aromatic carbocycles. The molecule has 0 aliphatic heterocycles. The number of nitrogens with zero attached hydrogens (tertiary/aromatic N) is 1. The number of thiophene rings is 1. The molecule has 2 rings (SSSR count). The van der Waals surface area contributed by atoms with Crippen molar-refractivity contribution in [3.8, 4) is 0 Å². The lowest BCUT2D eigenvalue weighted by Gasteiger charge is -2.06. The Morgan fingerprint density at radius 1 is 1.31 bits per heavy atom. The highest BCUT2D eigenvalue weighted by molar-refractivity contribution is 7.90. The van der Waals surface area contributed by atoms with Crippen molar-refractivity contribution in [3.63, 3.8) is 0 Å². The van der Waals surface area contributed by atoms with Gasteiger partial charge < -0.3 is 4.74 Å². The molecular weight excluding hydrogens is 396 g/mol. The molecule has 0 atom stereocenters. The average molecular weight is 413 g/mol. The number of ether oxygens (including phenoxy) is 1. The van der Waals surface area contributed by atoms with Gasteiger partial charge in [0.15, 0.2) is 9.84 Å². The second kappa shape index (κ2) is 8.98. The van der Waals surface area contributed by atoms with Crippen LogP contribution >= 0.6 is 22.9 Å². The molecule has 0 saturated heterocycles. The van der Waals surface area contributed by atoms with Crippen LogP contribution in [0.2, 0.25) is 5.02 Å². The minimum absolute atomic E-state index is 0.0552. The molecule has 0 spiro atoms. The maximum absolute atomic E-state index is 11.6. The number of nitrogens with one attached hydrogen (secondary N) is 1. The first kappa shape index (κ1) is 20.2. The monoisotopic (exact) mass is 412 g/mol. The van der Waals surface area contributed by atoms with E-state index in [0.717, 1.165) is 0 Å². The van der Waals surface area contributed by atoms with Crippen LogP contribution in [-0.2, 0) is 20.3 Å². The lowest BCUT2D eigenvalue weighted by Crippen LogP contribution is -2.21. The summed E-state index contributed by atoms with van der Waals surface area (Å²) in [5.74, 6) is -0.0552. The summed E-state index contributed by atoms with van der Waals surface area (Å²) in [4.78, 5) is 13.0. The van der Waals surface area contributed by atoms with Crippen molar-refractivity contribution in [1.29, 1.82) is 0 Å². The van der Waals surface area contributed by atoms with Crippen molar-refractivity contribution in [2.45, 2.75) is 5.75 Å². The fourth-order valence-electron chi connectivity index (χ4n) is 1.98. The van der Waals surface area contributed by atoms with Crippen LogP contribution in [-0.4, -0.2) is 33.1 Å². The summed E-state index contributed by atoms with van der Waals surface area (Å²) >= 11 is 7.21. The Morgan fingerprint density at radius 3 is 2.62 bits per heavy atom. The van der Waals surface area contributed by atoms with Gasteiger partial charge in [0.1, 0.15) is 12.3 Å². The molecule has 2 aromatic rings. The number of carbonyl (C=O) groups excluding carboxylic acids is 1. The average Bonchev–Trinajstić information content (AvgIpc) is 3.01. The minimum atomic E-state index is -3.14. The molecule has 1 amide bonds. The van der Waals surface area contributed by atoms with E-state index in [0.29, 0.717) is 26.1 Å². The number of carbonyl (C=O) groups is 1. The number of hydrogen-bond donors (Lipinski definition) is 1. The maximum Gasteiger partial charge on any atom is 0.428 e. The fraction of sp³-hybridized carbons (Fsp3) is 0.176.